The van der Waals surface area contributed by atoms with Crippen LogP contribution < -0.4 is 10.7 Å². The van der Waals surface area contributed by atoms with Gasteiger partial charge < -0.3 is 10.1 Å². The number of nitrogens with one attached hydrogen (secondary N) is 2. The zero-order valence-electron chi connectivity index (χ0n) is 13.6. The van der Waals surface area contributed by atoms with Gasteiger partial charge in [-0.1, -0.05) is 28.1 Å². The molecule has 0 unspecified atom stereocenters. The highest BCUT2D eigenvalue weighted by Gasteiger charge is 2.06. The van der Waals surface area contributed by atoms with Crippen molar-refractivity contribution in [3.63, 3.8) is 0 Å². The van der Waals surface area contributed by atoms with Crippen LogP contribution in [-0.4, -0.2) is 43.3 Å². The molecule has 0 atom stereocenters. The van der Waals surface area contributed by atoms with Crippen LogP contribution in [0.2, 0.25) is 0 Å². The maximum absolute atomic E-state index is 11.9. The topological polar surface area (TPSA) is 53.6 Å². The molecule has 1 aromatic rings. The lowest BCUT2D eigenvalue weighted by molar-refractivity contribution is -0.119. The molecule has 1 aromatic carbocycles. The van der Waals surface area contributed by atoms with Crippen LogP contribution in [0.4, 0.5) is 0 Å². The second-order valence-corrected chi connectivity index (χ2v) is 6.21. The van der Waals surface area contributed by atoms with E-state index in [1.54, 1.807) is 20.2 Å². The van der Waals surface area contributed by atoms with Crippen molar-refractivity contribution in [3.05, 3.63) is 39.9 Å². The van der Waals surface area contributed by atoms with E-state index < -0.39 is 0 Å². The van der Waals surface area contributed by atoms with Gasteiger partial charge >= 0.3 is 0 Å². The lowest BCUT2D eigenvalue weighted by atomic mass is 10.1. The zero-order chi connectivity index (χ0) is 17.2. The van der Waals surface area contributed by atoms with Crippen molar-refractivity contribution in [1.29, 1.82) is 0 Å². The molecule has 0 radical (unpaired) electrons. The number of rotatable bonds is 6. The minimum Gasteiger partial charge on any atom is -0.385 e. The third-order valence-electron chi connectivity index (χ3n) is 2.95. The summed E-state index contributed by atoms with van der Waals surface area (Å²) < 4.78 is 5.91. The third kappa shape index (κ3) is 7.58. The molecule has 7 heteroatoms. The number of carbonyl (C=O) groups excluding carboxylic acids is 1. The van der Waals surface area contributed by atoms with Gasteiger partial charge in [-0.3, -0.25) is 15.2 Å². The van der Waals surface area contributed by atoms with Crippen LogP contribution in [0.3, 0.4) is 0 Å². The number of nitrogens with zero attached hydrogens (tertiary/aromatic N) is 1. The van der Waals surface area contributed by atoms with Crippen LogP contribution >= 0.6 is 28.1 Å². The normalized spacial score (nSPS) is 10.6. The Balaban J connectivity index is 2.45. The lowest BCUT2D eigenvalue weighted by Gasteiger charge is -2.20. The molecule has 1 amide bonds. The van der Waals surface area contributed by atoms with Crippen LogP contribution in [0.1, 0.15) is 17.5 Å². The number of aryl methyl sites for hydroxylation is 1. The van der Waals surface area contributed by atoms with Crippen LogP contribution in [-0.2, 0) is 9.53 Å². The Hall–Kier alpha value is -1.44. The summed E-state index contributed by atoms with van der Waals surface area (Å²) in [5.41, 5.74) is 4.77. The molecule has 0 saturated heterocycles. The Kier molecular flexibility index (Phi) is 8.83. The second-order valence-electron chi connectivity index (χ2n) is 4.97. The molecule has 0 aromatic heterocycles. The van der Waals surface area contributed by atoms with Gasteiger partial charge in [-0.15, -0.1) is 0 Å². The molecule has 0 aliphatic rings. The highest BCUT2D eigenvalue weighted by Crippen LogP contribution is 2.19. The van der Waals surface area contributed by atoms with E-state index in [1.807, 2.05) is 25.1 Å². The maximum Gasteiger partial charge on any atom is 0.262 e. The summed E-state index contributed by atoms with van der Waals surface area (Å²) in [5.74, 6) is -0.249. The molecule has 126 valence electrons. The molecule has 0 aliphatic heterocycles. The van der Waals surface area contributed by atoms with E-state index in [9.17, 15) is 4.79 Å². The fourth-order valence-electron chi connectivity index (χ4n) is 1.72. The van der Waals surface area contributed by atoms with E-state index in [1.165, 1.54) is 11.1 Å². The first-order valence-corrected chi connectivity index (χ1v) is 8.39. The van der Waals surface area contributed by atoms with Gasteiger partial charge in [0.05, 0.1) is 0 Å². The predicted molar refractivity (Wildman–Crippen MR) is 101 cm³/mol. The molecule has 23 heavy (non-hydrogen) atoms. The number of thiocarbonyl (C=S) groups is 1. The molecule has 0 aliphatic carbocycles. The number of carbonyl (C=O) groups is 1. The predicted octanol–water partition coefficient (Wildman–Crippen LogP) is 2.64. The molecule has 5 nitrogen and oxygen atoms in total. The van der Waals surface area contributed by atoms with E-state index in [4.69, 9.17) is 17.0 Å². The van der Waals surface area contributed by atoms with Gasteiger partial charge in [-0.2, -0.15) is 0 Å². The quantitative estimate of drug-likeness (QED) is 0.333. The molecular formula is C16H22BrN3O2S. The van der Waals surface area contributed by atoms with Crippen molar-refractivity contribution in [3.8, 4) is 0 Å². The Morgan fingerprint density at radius 3 is 2.87 bits per heavy atom. The van der Waals surface area contributed by atoms with Gasteiger partial charge in [0, 0.05) is 37.9 Å². The highest BCUT2D eigenvalue weighted by atomic mass is 79.9. The largest absolute Gasteiger partial charge is 0.385 e. The van der Waals surface area contributed by atoms with Gasteiger partial charge in [0.1, 0.15) is 0 Å². The lowest BCUT2D eigenvalue weighted by Crippen LogP contribution is -2.47. The molecule has 0 fully saturated rings. The molecule has 2 N–H and O–H groups in total. The fraction of sp³-hybridized carbons (Fsp3) is 0.375. The summed E-state index contributed by atoms with van der Waals surface area (Å²) in [4.78, 5) is 11.9. The second kappa shape index (κ2) is 10.4. The minimum absolute atomic E-state index is 0.249. The average Bonchev–Trinajstić information content (AvgIpc) is 2.50. The monoisotopic (exact) mass is 399 g/mol. The van der Waals surface area contributed by atoms with Gasteiger partial charge in [-0.25, -0.2) is 0 Å². The van der Waals surface area contributed by atoms with Crippen molar-refractivity contribution >= 4 is 45.2 Å². The molecule has 0 bridgehead atoms. The van der Waals surface area contributed by atoms with Gasteiger partial charge in [0.25, 0.3) is 5.91 Å². The average molecular weight is 400 g/mol. The first-order valence-electron chi connectivity index (χ1n) is 7.19. The van der Waals surface area contributed by atoms with Crippen LogP contribution in [0.25, 0.3) is 6.08 Å². The van der Waals surface area contributed by atoms with Crippen molar-refractivity contribution in [2.24, 2.45) is 0 Å². The summed E-state index contributed by atoms with van der Waals surface area (Å²) in [6.45, 7) is 3.37. The van der Waals surface area contributed by atoms with Crippen molar-refractivity contribution in [2.75, 3.05) is 27.3 Å². The zero-order valence-corrected chi connectivity index (χ0v) is 16.0. The van der Waals surface area contributed by atoms with E-state index in [-0.39, 0.29) is 5.91 Å². The van der Waals surface area contributed by atoms with E-state index in [0.29, 0.717) is 18.3 Å². The van der Waals surface area contributed by atoms with Gasteiger partial charge in [0.2, 0.25) is 0 Å². The van der Waals surface area contributed by atoms with Crippen molar-refractivity contribution in [1.82, 2.24) is 15.8 Å². The van der Waals surface area contributed by atoms with Crippen LogP contribution in [0.5, 0.6) is 0 Å². The molecule has 1 rings (SSSR count). The Morgan fingerprint density at radius 2 is 2.22 bits per heavy atom. The van der Waals surface area contributed by atoms with Gasteiger partial charge in [-0.05, 0) is 48.8 Å². The highest BCUT2D eigenvalue weighted by molar-refractivity contribution is 9.10. The Labute approximate surface area is 151 Å². The molecule has 0 saturated carbocycles. The number of halogens is 1. The minimum atomic E-state index is -0.249. The maximum atomic E-state index is 11.9. The summed E-state index contributed by atoms with van der Waals surface area (Å²) in [6.07, 6.45) is 4.07. The summed E-state index contributed by atoms with van der Waals surface area (Å²) in [5, 5.41) is 4.99. The summed E-state index contributed by atoms with van der Waals surface area (Å²) in [6, 6.07) is 5.95. The van der Waals surface area contributed by atoms with Crippen molar-refractivity contribution in [2.45, 2.75) is 13.3 Å². The van der Waals surface area contributed by atoms with E-state index in [0.717, 1.165) is 22.0 Å². The fourth-order valence-corrected chi connectivity index (χ4v) is 2.49. The van der Waals surface area contributed by atoms with Crippen LogP contribution in [0, 0.1) is 6.92 Å². The Bertz CT molecular complexity index is 578. The van der Waals surface area contributed by atoms with Crippen LogP contribution in [0.15, 0.2) is 28.7 Å². The molecular weight excluding hydrogens is 378 g/mol. The Morgan fingerprint density at radius 1 is 1.48 bits per heavy atom. The molecule has 0 heterocycles. The number of hydrogen-bond acceptors (Lipinski definition) is 3. The third-order valence-corrected chi connectivity index (χ3v) is 4.06. The SMILES string of the molecule is COCCCNC(=S)N(C)NC(=O)/C=C/c1ccc(C)cc1Br. The standard InChI is InChI=1S/C16H22BrN3O2S/c1-12-5-6-13(14(17)11-12)7-8-15(21)19-20(2)16(23)18-9-4-10-22-3/h5-8,11H,4,9-10H2,1-3H3,(H,18,23)(H,19,21)/b8-7+. The number of hydrazine groups is 1. The number of hydrogen-bond donors (Lipinski definition) is 2. The number of methoxy groups -OCH3 is 1. The first kappa shape index (κ1) is 19.6. The number of benzene rings is 1. The van der Waals surface area contributed by atoms with E-state index >= 15 is 0 Å². The first-order chi connectivity index (χ1) is 10.9. The van der Waals surface area contributed by atoms with E-state index in [2.05, 4.69) is 26.7 Å². The molecule has 0 spiro atoms. The summed E-state index contributed by atoms with van der Waals surface area (Å²) in [7, 11) is 3.35. The number of ether oxygens (including phenoxy) is 1. The summed E-state index contributed by atoms with van der Waals surface area (Å²) >= 11 is 8.66. The number of amides is 1. The van der Waals surface area contributed by atoms with Gasteiger partial charge in [0.15, 0.2) is 5.11 Å². The van der Waals surface area contributed by atoms with Crippen molar-refractivity contribution < 1.29 is 9.53 Å². The smallest absolute Gasteiger partial charge is 0.262 e.